The second-order valence-electron chi connectivity index (χ2n) is 6.07. The van der Waals surface area contributed by atoms with Gasteiger partial charge in [0.25, 0.3) is 11.1 Å². The highest BCUT2D eigenvalue weighted by molar-refractivity contribution is 5.78. The van der Waals surface area contributed by atoms with Gasteiger partial charge in [-0.2, -0.15) is 0 Å². The average Bonchev–Trinajstić information content (AvgIpc) is 2.91. The molecule has 2 aromatic carbocycles. The molecule has 124 valence electrons. The highest BCUT2D eigenvalue weighted by Crippen LogP contribution is 2.12. The molecule has 0 fully saturated rings. The van der Waals surface area contributed by atoms with Crippen molar-refractivity contribution >= 4 is 28.4 Å². The van der Waals surface area contributed by atoms with Crippen molar-refractivity contribution in [2.75, 3.05) is 19.0 Å². The normalized spacial score (nSPS) is 12.2. The quantitative estimate of drug-likeness (QED) is 0.598. The van der Waals surface area contributed by atoms with Crippen LogP contribution in [0, 0.1) is 0 Å². The lowest BCUT2D eigenvalue weighted by Gasteiger charge is -2.11. The van der Waals surface area contributed by atoms with E-state index in [4.69, 9.17) is 0 Å². The van der Waals surface area contributed by atoms with Gasteiger partial charge in [-0.1, -0.05) is 24.3 Å². The minimum atomic E-state index is -0.394. The molecule has 0 saturated carbocycles. The van der Waals surface area contributed by atoms with E-state index in [1.54, 1.807) is 24.3 Å². The van der Waals surface area contributed by atoms with Gasteiger partial charge in [0.05, 0.1) is 10.9 Å². The maximum Gasteiger partial charge on any atom is 0.284 e. The number of aromatic nitrogens is 3. The maximum absolute atomic E-state index is 12.6. The third kappa shape index (κ3) is 2.48. The minimum absolute atomic E-state index is 0.255. The van der Waals surface area contributed by atoms with Crippen molar-refractivity contribution in [3.8, 4) is 0 Å². The summed E-state index contributed by atoms with van der Waals surface area (Å²) < 4.78 is 1.09. The summed E-state index contributed by atoms with van der Waals surface area (Å²) in [6.07, 6.45) is 1.72. The Kier molecular flexibility index (Phi) is 3.39. The van der Waals surface area contributed by atoms with Crippen LogP contribution in [0.25, 0.3) is 22.8 Å². The predicted molar refractivity (Wildman–Crippen MR) is 99.1 cm³/mol. The number of fused-ring (bicyclic) bond motifs is 2. The maximum atomic E-state index is 12.6. The molecule has 0 radical (unpaired) electrons. The van der Waals surface area contributed by atoms with Gasteiger partial charge in [0, 0.05) is 19.8 Å². The van der Waals surface area contributed by atoms with Crippen LogP contribution in [-0.4, -0.2) is 28.5 Å². The highest BCUT2D eigenvalue weighted by atomic mass is 16.2. The number of nitrogens with one attached hydrogen (secondary N) is 1. The number of hydrogen-bond donors (Lipinski definition) is 1. The van der Waals surface area contributed by atoms with Gasteiger partial charge in [0.15, 0.2) is 0 Å². The van der Waals surface area contributed by atoms with E-state index < -0.39 is 5.56 Å². The summed E-state index contributed by atoms with van der Waals surface area (Å²) in [7, 11) is 3.93. The Morgan fingerprint density at radius 3 is 2.44 bits per heavy atom. The van der Waals surface area contributed by atoms with Crippen LogP contribution in [0.1, 0.15) is 5.56 Å². The van der Waals surface area contributed by atoms with E-state index in [0.717, 1.165) is 15.7 Å². The van der Waals surface area contributed by atoms with Crippen LogP contribution in [0.3, 0.4) is 0 Å². The lowest BCUT2D eigenvalue weighted by atomic mass is 10.2. The molecule has 4 aromatic rings. The Morgan fingerprint density at radius 1 is 1.00 bits per heavy atom. The first kappa shape index (κ1) is 15.1. The number of rotatable bonds is 2. The number of anilines is 1. The monoisotopic (exact) mass is 332 g/mol. The number of benzene rings is 2. The van der Waals surface area contributed by atoms with Crippen LogP contribution in [0.15, 0.2) is 58.1 Å². The summed E-state index contributed by atoms with van der Waals surface area (Å²) in [5.74, 6) is 0.255. The van der Waals surface area contributed by atoms with E-state index in [0.29, 0.717) is 16.3 Å². The molecule has 1 N–H and O–H groups in total. The molecule has 0 aliphatic rings. The second-order valence-corrected chi connectivity index (χ2v) is 6.07. The Morgan fingerprint density at radius 2 is 1.72 bits per heavy atom. The summed E-state index contributed by atoms with van der Waals surface area (Å²) in [4.78, 5) is 34.5. The third-order valence-electron chi connectivity index (χ3n) is 4.18. The van der Waals surface area contributed by atoms with Crippen LogP contribution in [0.5, 0.6) is 0 Å². The first-order chi connectivity index (χ1) is 12.0. The van der Waals surface area contributed by atoms with Crippen LogP contribution in [0.2, 0.25) is 0 Å². The van der Waals surface area contributed by atoms with Crippen LogP contribution in [0.4, 0.5) is 5.69 Å². The smallest absolute Gasteiger partial charge is 0.284 e. The Hall–Kier alpha value is -3.41. The lowest BCUT2D eigenvalue weighted by Crippen LogP contribution is -2.31. The van der Waals surface area contributed by atoms with Gasteiger partial charge < -0.3 is 9.88 Å². The number of H-pyrrole nitrogens is 1. The van der Waals surface area contributed by atoms with Crippen molar-refractivity contribution in [3.63, 3.8) is 0 Å². The topological polar surface area (TPSA) is 70.5 Å². The summed E-state index contributed by atoms with van der Waals surface area (Å²) in [6, 6.07) is 14.8. The van der Waals surface area contributed by atoms with Crippen molar-refractivity contribution in [3.05, 3.63) is 80.2 Å². The largest absolute Gasteiger partial charge is 0.378 e. The minimum Gasteiger partial charge on any atom is -0.378 e. The summed E-state index contributed by atoms with van der Waals surface area (Å²) >= 11 is 0. The fraction of sp³-hybridized carbons (Fsp3) is 0.105. The molecule has 0 unspecified atom stereocenters. The number of para-hydroxylation sites is 1. The van der Waals surface area contributed by atoms with E-state index >= 15 is 0 Å². The standard InChI is InChI=1S/C19H16N4O2/c1-22(2)13-9-7-12(8-10-13)11-16-18(25)23-17(24)14-5-3-4-6-15(14)20-19(23)21-16/h3-11H,1-2H3,(H,20,21)/b16-11-. The molecule has 25 heavy (non-hydrogen) atoms. The molecule has 0 atom stereocenters. The van der Waals surface area contributed by atoms with Gasteiger partial charge in [0.2, 0.25) is 5.78 Å². The first-order valence-electron chi connectivity index (χ1n) is 7.87. The fourth-order valence-electron chi connectivity index (χ4n) is 2.83. The Labute approximate surface area is 142 Å². The summed E-state index contributed by atoms with van der Waals surface area (Å²) in [5.41, 5.74) is 1.75. The van der Waals surface area contributed by atoms with Crippen molar-refractivity contribution < 1.29 is 0 Å². The van der Waals surface area contributed by atoms with Crippen molar-refractivity contribution in [1.29, 1.82) is 0 Å². The highest BCUT2D eigenvalue weighted by Gasteiger charge is 2.10. The van der Waals surface area contributed by atoms with Gasteiger partial charge in [-0.15, -0.1) is 0 Å². The van der Waals surface area contributed by atoms with E-state index in [-0.39, 0.29) is 11.3 Å². The molecule has 0 amide bonds. The SMILES string of the molecule is CN(C)c1ccc(/C=c2\[nH]c3nc4ccccc4c(=O)n3c2=O)cc1. The molecular formula is C19H16N4O2. The van der Waals surface area contributed by atoms with Crippen LogP contribution < -0.4 is 21.4 Å². The van der Waals surface area contributed by atoms with Gasteiger partial charge >= 0.3 is 0 Å². The summed E-state index contributed by atoms with van der Waals surface area (Å²) in [5, 5.41) is 0.760. The molecule has 4 rings (SSSR count). The zero-order valence-corrected chi connectivity index (χ0v) is 13.9. The molecular weight excluding hydrogens is 316 g/mol. The zero-order chi connectivity index (χ0) is 17.6. The average molecular weight is 332 g/mol. The fourth-order valence-corrected chi connectivity index (χ4v) is 2.83. The molecule has 2 aromatic heterocycles. The molecule has 2 heterocycles. The third-order valence-corrected chi connectivity index (χ3v) is 4.18. The molecule has 6 nitrogen and oxygen atoms in total. The van der Waals surface area contributed by atoms with Crippen molar-refractivity contribution in [2.45, 2.75) is 0 Å². The first-order valence-corrected chi connectivity index (χ1v) is 7.87. The Bertz CT molecular complexity index is 1250. The van der Waals surface area contributed by atoms with Gasteiger partial charge in [-0.05, 0) is 35.9 Å². The van der Waals surface area contributed by atoms with E-state index in [9.17, 15) is 9.59 Å². The van der Waals surface area contributed by atoms with E-state index in [2.05, 4.69) is 9.97 Å². The van der Waals surface area contributed by atoms with E-state index in [1.165, 1.54) is 0 Å². The van der Waals surface area contributed by atoms with Gasteiger partial charge in [-0.3, -0.25) is 9.59 Å². The zero-order valence-electron chi connectivity index (χ0n) is 13.9. The lowest BCUT2D eigenvalue weighted by molar-refractivity contribution is 1.05. The molecule has 6 heteroatoms. The van der Waals surface area contributed by atoms with Gasteiger partial charge in [-0.25, -0.2) is 9.38 Å². The van der Waals surface area contributed by atoms with Crippen molar-refractivity contribution in [1.82, 2.24) is 14.4 Å². The molecule has 0 saturated heterocycles. The molecule has 0 aliphatic carbocycles. The predicted octanol–water partition coefficient (Wildman–Crippen LogP) is 1.15. The molecule has 0 bridgehead atoms. The number of hydrogen-bond acceptors (Lipinski definition) is 4. The van der Waals surface area contributed by atoms with Gasteiger partial charge in [0.1, 0.15) is 5.35 Å². The summed E-state index contributed by atoms with van der Waals surface area (Å²) in [6.45, 7) is 0. The van der Waals surface area contributed by atoms with Crippen molar-refractivity contribution in [2.24, 2.45) is 0 Å². The van der Waals surface area contributed by atoms with Crippen LogP contribution >= 0.6 is 0 Å². The number of aromatic amines is 1. The molecule has 0 aliphatic heterocycles. The number of nitrogens with zero attached hydrogens (tertiary/aromatic N) is 3. The Balaban J connectivity index is 1.95. The number of imidazole rings is 1. The van der Waals surface area contributed by atoms with Crippen LogP contribution in [-0.2, 0) is 0 Å². The second kappa shape index (κ2) is 5.59. The molecule has 0 spiro atoms. The van der Waals surface area contributed by atoms with E-state index in [1.807, 2.05) is 49.3 Å².